The topological polar surface area (TPSA) is 111 Å². The molecule has 4 aromatic carbocycles. The van der Waals surface area contributed by atoms with E-state index in [1.54, 1.807) is 0 Å². The molecule has 0 amide bonds. The summed E-state index contributed by atoms with van der Waals surface area (Å²) in [5, 5.41) is 18.3. The number of nitrogens with zero attached hydrogens (tertiary/aromatic N) is 3. The summed E-state index contributed by atoms with van der Waals surface area (Å²) in [4.78, 5) is 18.2. The molecule has 10 heteroatoms. The molecule has 1 aliphatic heterocycles. The molecule has 7 rings (SSSR count). The highest BCUT2D eigenvalue weighted by Gasteiger charge is 2.25. The number of aryl methyl sites for hydroxylation is 2. The Labute approximate surface area is 303 Å². The first-order valence-electron chi connectivity index (χ1n) is 18.2. The number of rotatable bonds is 16. The van der Waals surface area contributed by atoms with Crippen molar-refractivity contribution in [3.63, 3.8) is 0 Å². The van der Waals surface area contributed by atoms with Crippen LogP contribution in [-0.4, -0.2) is 65.4 Å². The highest BCUT2D eigenvalue weighted by atomic mass is 16.5. The van der Waals surface area contributed by atoms with Gasteiger partial charge in [-0.25, -0.2) is 4.79 Å². The Morgan fingerprint density at radius 1 is 0.885 bits per heavy atom. The number of aromatic nitrogens is 3. The van der Waals surface area contributed by atoms with Crippen molar-refractivity contribution in [3.05, 3.63) is 108 Å². The molecule has 3 heterocycles. The predicted octanol–water partition coefficient (Wildman–Crippen LogP) is 8.16. The molecule has 0 aliphatic carbocycles. The van der Waals surface area contributed by atoms with Crippen LogP contribution in [0.3, 0.4) is 0 Å². The van der Waals surface area contributed by atoms with Gasteiger partial charge >= 0.3 is 5.97 Å². The lowest BCUT2D eigenvalue weighted by atomic mass is 9.98. The second-order valence-electron chi connectivity index (χ2n) is 13.1. The number of carboxylic acids is 1. The van der Waals surface area contributed by atoms with E-state index in [1.807, 2.05) is 66.3 Å². The van der Waals surface area contributed by atoms with Gasteiger partial charge in [0.15, 0.2) is 0 Å². The molecule has 0 saturated carbocycles. The van der Waals surface area contributed by atoms with Gasteiger partial charge in [0.05, 0.1) is 37.6 Å². The highest BCUT2D eigenvalue weighted by molar-refractivity contribution is 6.03. The quantitative estimate of drug-likeness (QED) is 0.0973. The molecule has 2 aromatic heterocycles. The number of hydrogen-bond acceptors (Lipinski definition) is 7. The third kappa shape index (κ3) is 7.63. The van der Waals surface area contributed by atoms with Crippen LogP contribution in [-0.2, 0) is 36.2 Å². The highest BCUT2D eigenvalue weighted by Crippen LogP contribution is 2.37. The average molecular weight is 703 g/mol. The van der Waals surface area contributed by atoms with Crippen molar-refractivity contribution in [1.82, 2.24) is 14.8 Å². The predicted molar refractivity (Wildman–Crippen MR) is 204 cm³/mol. The first kappa shape index (κ1) is 35.1. The zero-order chi connectivity index (χ0) is 35.9. The Bertz CT molecular complexity index is 2130. The first-order chi connectivity index (χ1) is 25.5. The summed E-state index contributed by atoms with van der Waals surface area (Å²) in [6, 6.07) is 28.3. The van der Waals surface area contributed by atoms with Crippen LogP contribution in [0.4, 0.5) is 5.69 Å². The molecule has 0 radical (unpaired) electrons. The monoisotopic (exact) mass is 702 g/mol. The minimum absolute atomic E-state index is 0.190. The molecule has 0 bridgehead atoms. The maximum atomic E-state index is 12.6. The Morgan fingerprint density at radius 3 is 2.46 bits per heavy atom. The molecule has 2 N–H and O–H groups in total. The van der Waals surface area contributed by atoms with Crippen LogP contribution in [0.25, 0.3) is 32.8 Å². The molecule has 6 aromatic rings. The molecule has 1 fully saturated rings. The fourth-order valence-electron chi connectivity index (χ4n) is 7.02. The van der Waals surface area contributed by atoms with E-state index in [1.165, 1.54) is 0 Å². The fourth-order valence-corrected chi connectivity index (χ4v) is 7.02. The molecule has 52 heavy (non-hydrogen) atoms. The lowest BCUT2D eigenvalue weighted by molar-refractivity contribution is 0.0690. The summed E-state index contributed by atoms with van der Waals surface area (Å²) in [6.07, 6.45) is 3.18. The van der Waals surface area contributed by atoms with Crippen molar-refractivity contribution < 1.29 is 28.8 Å². The van der Waals surface area contributed by atoms with Crippen molar-refractivity contribution in [1.29, 1.82) is 0 Å². The number of nitrogens with one attached hydrogen (secondary N) is 1. The molecule has 1 aliphatic rings. The second kappa shape index (κ2) is 16.4. The van der Waals surface area contributed by atoms with E-state index in [-0.39, 0.29) is 12.3 Å². The van der Waals surface area contributed by atoms with E-state index in [4.69, 9.17) is 24.0 Å². The van der Waals surface area contributed by atoms with Gasteiger partial charge in [0.2, 0.25) is 0 Å². The van der Waals surface area contributed by atoms with Gasteiger partial charge in [-0.05, 0) is 60.5 Å². The number of anilines is 1. The summed E-state index contributed by atoms with van der Waals surface area (Å²) in [6.45, 7) is 7.04. The van der Waals surface area contributed by atoms with Gasteiger partial charge in [-0.1, -0.05) is 67.9 Å². The molecular weight excluding hydrogens is 656 g/mol. The van der Waals surface area contributed by atoms with Gasteiger partial charge in [0.1, 0.15) is 29.5 Å². The average Bonchev–Trinajstić information content (AvgIpc) is 3.71. The van der Waals surface area contributed by atoms with E-state index in [9.17, 15) is 9.90 Å². The summed E-state index contributed by atoms with van der Waals surface area (Å²) in [7, 11) is 1.92. The zero-order valence-corrected chi connectivity index (χ0v) is 29.9. The Balaban J connectivity index is 1.16. The number of carbonyl (C=O) groups is 1. The molecule has 270 valence electrons. The summed E-state index contributed by atoms with van der Waals surface area (Å²) in [5.74, 6) is 0.574. The van der Waals surface area contributed by atoms with E-state index >= 15 is 0 Å². The molecule has 0 spiro atoms. The number of morpholine rings is 1. The molecule has 0 atom stereocenters. The maximum Gasteiger partial charge on any atom is 0.352 e. The van der Waals surface area contributed by atoms with Gasteiger partial charge in [-0.2, -0.15) is 5.10 Å². The SMILES string of the molecule is CCCCOCc1c(-c2cccc3c(CCCOc4cccc5ccccc45)c(C(=O)O)[nH]c23)c(COc2ccc(N3CCOCC3)cc2)nn1C. The summed E-state index contributed by atoms with van der Waals surface area (Å²) in [5.41, 5.74) is 6.25. The number of aromatic carboxylic acids is 1. The first-order valence-corrected chi connectivity index (χ1v) is 18.2. The van der Waals surface area contributed by atoms with Crippen molar-refractivity contribution >= 4 is 33.3 Å². The summed E-state index contributed by atoms with van der Waals surface area (Å²) < 4.78 is 26.0. The molecule has 1 saturated heterocycles. The van der Waals surface area contributed by atoms with Crippen molar-refractivity contribution in [2.45, 2.75) is 45.8 Å². The van der Waals surface area contributed by atoms with Crippen LogP contribution < -0.4 is 14.4 Å². The van der Waals surface area contributed by atoms with E-state index in [0.717, 1.165) is 106 Å². The van der Waals surface area contributed by atoms with Crippen LogP contribution in [0.2, 0.25) is 0 Å². The van der Waals surface area contributed by atoms with E-state index in [2.05, 4.69) is 47.1 Å². The van der Waals surface area contributed by atoms with Gasteiger partial charge in [-0.3, -0.25) is 4.68 Å². The van der Waals surface area contributed by atoms with Gasteiger partial charge in [-0.15, -0.1) is 0 Å². The standard InChI is InChI=1S/C42H46N4O6/c1-3-4-23-50-28-37-39(36(44-45(37)2)27-52-31-19-17-30(18-20-31)46-21-25-49-26-22-46)35-14-8-13-33-34(41(42(47)48)43-40(33)35)15-9-24-51-38-16-7-11-29-10-5-6-12-32(29)38/h5-8,10-14,16-20,43H,3-4,9,15,21-28H2,1-2H3,(H,47,48). The number of H-pyrrole nitrogens is 1. The van der Waals surface area contributed by atoms with Crippen molar-refractivity contribution in [2.75, 3.05) is 44.4 Å². The Kier molecular flexibility index (Phi) is 11.0. The smallest absolute Gasteiger partial charge is 0.352 e. The van der Waals surface area contributed by atoms with Gasteiger partial charge in [0.25, 0.3) is 0 Å². The number of hydrogen-bond donors (Lipinski definition) is 2. The van der Waals surface area contributed by atoms with Crippen molar-refractivity contribution in [3.8, 4) is 22.6 Å². The van der Waals surface area contributed by atoms with Gasteiger partial charge in [0, 0.05) is 54.3 Å². The van der Waals surface area contributed by atoms with E-state index < -0.39 is 5.97 Å². The minimum Gasteiger partial charge on any atom is -0.493 e. The molecule has 10 nitrogen and oxygen atoms in total. The Hall–Kier alpha value is -5.32. The normalized spacial score (nSPS) is 13.2. The van der Waals surface area contributed by atoms with E-state index in [0.29, 0.717) is 32.7 Å². The minimum atomic E-state index is -0.995. The summed E-state index contributed by atoms with van der Waals surface area (Å²) >= 11 is 0. The lowest BCUT2D eigenvalue weighted by Crippen LogP contribution is -2.36. The molecular formula is C42H46N4O6. The third-order valence-corrected chi connectivity index (χ3v) is 9.71. The second-order valence-corrected chi connectivity index (χ2v) is 13.1. The number of fused-ring (bicyclic) bond motifs is 2. The zero-order valence-electron chi connectivity index (χ0n) is 29.9. The Morgan fingerprint density at radius 2 is 1.65 bits per heavy atom. The fraction of sp³-hybridized carbons (Fsp3) is 0.333. The van der Waals surface area contributed by atoms with Crippen LogP contribution in [0.15, 0.2) is 84.9 Å². The number of carboxylic acid groups (broad SMARTS) is 1. The van der Waals surface area contributed by atoms with Crippen LogP contribution in [0.5, 0.6) is 11.5 Å². The van der Waals surface area contributed by atoms with Crippen LogP contribution in [0, 0.1) is 0 Å². The van der Waals surface area contributed by atoms with Gasteiger partial charge < -0.3 is 33.9 Å². The number of para-hydroxylation sites is 1. The van der Waals surface area contributed by atoms with Crippen LogP contribution >= 0.6 is 0 Å². The number of ether oxygens (including phenoxy) is 4. The maximum absolute atomic E-state index is 12.6. The third-order valence-electron chi connectivity index (χ3n) is 9.71. The largest absolute Gasteiger partial charge is 0.493 e. The molecule has 0 unspecified atom stereocenters. The number of unbranched alkanes of at least 4 members (excludes halogenated alkanes) is 1. The van der Waals surface area contributed by atoms with Crippen molar-refractivity contribution in [2.24, 2.45) is 7.05 Å². The lowest BCUT2D eigenvalue weighted by Gasteiger charge is -2.28. The number of benzene rings is 4. The van der Waals surface area contributed by atoms with Crippen LogP contribution in [0.1, 0.15) is 53.6 Å². The number of aromatic amines is 1.